The van der Waals surface area contributed by atoms with E-state index >= 15 is 0 Å². The zero-order valence-electron chi connectivity index (χ0n) is 19.0. The Morgan fingerprint density at radius 1 is 0.969 bits per heavy atom. The molecule has 4 rings (SSSR count). The third-order valence-corrected chi connectivity index (χ3v) is 7.22. The molecule has 0 unspecified atom stereocenters. The molecule has 1 fully saturated rings. The molecule has 168 valence electrons. The number of benzene rings is 2. The van der Waals surface area contributed by atoms with Crippen molar-refractivity contribution in [2.45, 2.75) is 56.9 Å². The lowest BCUT2D eigenvalue weighted by atomic mass is 9.94. The molecule has 0 aromatic heterocycles. The van der Waals surface area contributed by atoms with Gasteiger partial charge in [0.2, 0.25) is 0 Å². The van der Waals surface area contributed by atoms with E-state index in [1.807, 2.05) is 45.2 Å². The standard InChI is InChI=1S/C26H30N2O3S/c1-4-31-21-14-12-20(13-15-21)28-25(29)23(27(3)19-8-6-5-7-9-19)24(26(28)30)32-22-16-10-18(2)11-17-22/h10-17,19H,4-9H2,1-3H3. The summed E-state index contributed by atoms with van der Waals surface area (Å²) in [4.78, 5) is 32.0. The molecule has 1 aliphatic heterocycles. The minimum atomic E-state index is -0.262. The van der Waals surface area contributed by atoms with Crippen LogP contribution in [0.25, 0.3) is 0 Å². The molecule has 2 aromatic carbocycles. The van der Waals surface area contributed by atoms with Gasteiger partial charge in [0.05, 0.1) is 12.3 Å². The minimum Gasteiger partial charge on any atom is -0.494 e. The van der Waals surface area contributed by atoms with Gasteiger partial charge in [-0.25, -0.2) is 4.90 Å². The molecular weight excluding hydrogens is 420 g/mol. The molecule has 0 bridgehead atoms. The summed E-state index contributed by atoms with van der Waals surface area (Å²) in [5, 5.41) is 0. The Kier molecular flexibility index (Phi) is 6.89. The van der Waals surface area contributed by atoms with Gasteiger partial charge in [-0.05, 0) is 63.1 Å². The molecule has 1 heterocycles. The smallest absolute Gasteiger partial charge is 0.283 e. The SMILES string of the molecule is CCOc1ccc(N2C(=O)C(Sc3ccc(C)cc3)=C(N(C)C3CCCCC3)C2=O)cc1. The number of thioether (sulfide) groups is 1. The highest BCUT2D eigenvalue weighted by Gasteiger charge is 2.43. The number of amides is 2. The highest BCUT2D eigenvalue weighted by atomic mass is 32.2. The average Bonchev–Trinajstić information content (AvgIpc) is 3.05. The summed E-state index contributed by atoms with van der Waals surface area (Å²) in [5.74, 6) is 0.210. The molecule has 1 aliphatic carbocycles. The van der Waals surface area contributed by atoms with Crippen LogP contribution in [0.4, 0.5) is 5.69 Å². The number of carbonyl (C=O) groups is 2. The molecule has 6 heteroatoms. The number of rotatable bonds is 7. The van der Waals surface area contributed by atoms with Crippen molar-refractivity contribution in [3.63, 3.8) is 0 Å². The van der Waals surface area contributed by atoms with Gasteiger partial charge in [0.25, 0.3) is 11.8 Å². The van der Waals surface area contributed by atoms with Crippen molar-refractivity contribution < 1.29 is 14.3 Å². The van der Waals surface area contributed by atoms with Crippen LogP contribution in [-0.4, -0.2) is 36.4 Å². The molecule has 1 saturated carbocycles. The van der Waals surface area contributed by atoms with Crippen molar-refractivity contribution in [1.82, 2.24) is 4.90 Å². The lowest BCUT2D eigenvalue weighted by molar-refractivity contribution is -0.121. The molecule has 0 spiro atoms. The summed E-state index contributed by atoms with van der Waals surface area (Å²) in [6.07, 6.45) is 5.65. The number of likely N-dealkylation sites (N-methyl/N-ethyl adjacent to an activating group) is 1. The van der Waals surface area contributed by atoms with E-state index in [0.29, 0.717) is 22.9 Å². The molecule has 0 N–H and O–H groups in total. The molecule has 32 heavy (non-hydrogen) atoms. The fourth-order valence-electron chi connectivity index (χ4n) is 4.37. The van der Waals surface area contributed by atoms with E-state index in [4.69, 9.17) is 4.74 Å². The van der Waals surface area contributed by atoms with Gasteiger partial charge in [0, 0.05) is 18.0 Å². The molecular formula is C26H30N2O3S. The highest BCUT2D eigenvalue weighted by Crippen LogP contribution is 2.40. The van der Waals surface area contributed by atoms with E-state index in [1.54, 1.807) is 24.3 Å². The number of aryl methyl sites for hydroxylation is 1. The van der Waals surface area contributed by atoms with Gasteiger partial charge in [0.15, 0.2) is 0 Å². The monoisotopic (exact) mass is 450 g/mol. The Balaban J connectivity index is 1.69. The molecule has 2 aromatic rings. The van der Waals surface area contributed by atoms with E-state index in [0.717, 1.165) is 41.9 Å². The maximum absolute atomic E-state index is 13.6. The zero-order valence-corrected chi connectivity index (χ0v) is 19.8. The summed E-state index contributed by atoms with van der Waals surface area (Å²) in [7, 11) is 1.97. The second-order valence-electron chi connectivity index (χ2n) is 8.37. The van der Waals surface area contributed by atoms with E-state index < -0.39 is 0 Å². The van der Waals surface area contributed by atoms with Crippen molar-refractivity contribution >= 4 is 29.3 Å². The number of hydrogen-bond acceptors (Lipinski definition) is 5. The van der Waals surface area contributed by atoms with Crippen molar-refractivity contribution in [1.29, 1.82) is 0 Å². The second-order valence-corrected chi connectivity index (χ2v) is 9.45. The lowest BCUT2D eigenvalue weighted by Crippen LogP contribution is -2.38. The maximum atomic E-state index is 13.6. The van der Waals surface area contributed by atoms with Crippen LogP contribution in [0.2, 0.25) is 0 Å². The van der Waals surface area contributed by atoms with E-state index in [2.05, 4.69) is 4.90 Å². The number of imide groups is 1. The van der Waals surface area contributed by atoms with E-state index in [9.17, 15) is 9.59 Å². The largest absolute Gasteiger partial charge is 0.494 e. The zero-order chi connectivity index (χ0) is 22.7. The van der Waals surface area contributed by atoms with Crippen molar-refractivity contribution in [3.05, 3.63) is 64.7 Å². The van der Waals surface area contributed by atoms with Gasteiger partial charge < -0.3 is 9.64 Å². The van der Waals surface area contributed by atoms with Crippen LogP contribution < -0.4 is 9.64 Å². The first kappa shape index (κ1) is 22.5. The Labute approximate surface area is 194 Å². The van der Waals surface area contributed by atoms with Gasteiger partial charge >= 0.3 is 0 Å². The molecule has 2 amide bonds. The van der Waals surface area contributed by atoms with Crippen LogP contribution in [0.15, 0.2) is 64.0 Å². The fraction of sp³-hybridized carbons (Fsp3) is 0.385. The van der Waals surface area contributed by atoms with E-state index in [1.165, 1.54) is 23.1 Å². The van der Waals surface area contributed by atoms with Crippen LogP contribution in [0.3, 0.4) is 0 Å². The van der Waals surface area contributed by atoms with Gasteiger partial charge in [-0.2, -0.15) is 0 Å². The number of ether oxygens (including phenoxy) is 1. The minimum absolute atomic E-state index is 0.248. The quantitative estimate of drug-likeness (QED) is 0.519. The van der Waals surface area contributed by atoms with Gasteiger partial charge in [-0.15, -0.1) is 0 Å². The molecule has 2 aliphatic rings. The Morgan fingerprint density at radius 2 is 1.62 bits per heavy atom. The van der Waals surface area contributed by atoms with Crippen LogP contribution in [0, 0.1) is 6.92 Å². The summed E-state index contributed by atoms with van der Waals surface area (Å²) in [5.41, 5.74) is 2.24. The maximum Gasteiger partial charge on any atom is 0.283 e. The van der Waals surface area contributed by atoms with Gasteiger partial charge in [-0.1, -0.05) is 48.7 Å². The number of hydrogen-bond donors (Lipinski definition) is 0. The first-order valence-electron chi connectivity index (χ1n) is 11.3. The van der Waals surface area contributed by atoms with Gasteiger partial charge in [-0.3, -0.25) is 9.59 Å². The van der Waals surface area contributed by atoms with E-state index in [-0.39, 0.29) is 17.9 Å². The molecule has 0 atom stereocenters. The fourth-order valence-corrected chi connectivity index (χ4v) is 5.38. The molecule has 0 radical (unpaired) electrons. The first-order chi connectivity index (χ1) is 15.5. The number of anilines is 1. The Hall–Kier alpha value is -2.73. The predicted octanol–water partition coefficient (Wildman–Crippen LogP) is 5.54. The van der Waals surface area contributed by atoms with Crippen molar-refractivity contribution in [2.75, 3.05) is 18.6 Å². The normalized spacial score (nSPS) is 17.3. The van der Waals surface area contributed by atoms with Crippen molar-refractivity contribution in [3.8, 4) is 5.75 Å². The Bertz CT molecular complexity index is 1010. The Morgan fingerprint density at radius 3 is 2.25 bits per heavy atom. The molecule has 0 saturated heterocycles. The summed E-state index contributed by atoms with van der Waals surface area (Å²) < 4.78 is 5.51. The van der Waals surface area contributed by atoms with Crippen LogP contribution >= 0.6 is 11.8 Å². The lowest BCUT2D eigenvalue weighted by Gasteiger charge is -2.33. The molecule has 5 nitrogen and oxygen atoms in total. The van der Waals surface area contributed by atoms with Crippen LogP contribution in [0.1, 0.15) is 44.6 Å². The third-order valence-electron chi connectivity index (χ3n) is 6.14. The first-order valence-corrected chi connectivity index (χ1v) is 12.1. The van der Waals surface area contributed by atoms with Gasteiger partial charge in [0.1, 0.15) is 16.4 Å². The summed E-state index contributed by atoms with van der Waals surface area (Å²) >= 11 is 1.38. The number of carbonyl (C=O) groups excluding carboxylic acids is 2. The summed E-state index contributed by atoms with van der Waals surface area (Å²) in [6.45, 7) is 4.53. The second kappa shape index (κ2) is 9.82. The third kappa shape index (κ3) is 4.56. The van der Waals surface area contributed by atoms with Crippen LogP contribution in [0.5, 0.6) is 5.75 Å². The number of nitrogens with zero attached hydrogens (tertiary/aromatic N) is 2. The highest BCUT2D eigenvalue weighted by molar-refractivity contribution is 8.04. The van der Waals surface area contributed by atoms with Crippen molar-refractivity contribution in [2.24, 2.45) is 0 Å². The summed E-state index contributed by atoms with van der Waals surface area (Å²) in [6, 6.07) is 15.5. The topological polar surface area (TPSA) is 49.9 Å². The average molecular weight is 451 g/mol. The van der Waals surface area contributed by atoms with Crippen LogP contribution in [-0.2, 0) is 9.59 Å². The predicted molar refractivity (Wildman–Crippen MR) is 129 cm³/mol.